The first kappa shape index (κ1) is 11.8. The van der Waals surface area contributed by atoms with Crippen molar-refractivity contribution < 1.29 is 9.84 Å². The third kappa shape index (κ3) is 3.15. The Labute approximate surface area is 104 Å². The molecule has 0 spiro atoms. The zero-order chi connectivity index (χ0) is 12.1. The number of aliphatic hydroxyl groups is 1. The van der Waals surface area contributed by atoms with Gasteiger partial charge in [-0.25, -0.2) is 4.98 Å². The summed E-state index contributed by atoms with van der Waals surface area (Å²) in [5.74, 6) is 0.865. The number of hydrogen-bond donors (Lipinski definition) is 1. The molecule has 1 heterocycles. The molecule has 2 aromatic rings. The van der Waals surface area contributed by atoms with Gasteiger partial charge in [0.25, 0.3) is 0 Å². The van der Waals surface area contributed by atoms with Gasteiger partial charge in [-0.05, 0) is 0 Å². The van der Waals surface area contributed by atoms with E-state index in [9.17, 15) is 0 Å². The van der Waals surface area contributed by atoms with Gasteiger partial charge in [0.05, 0.1) is 6.61 Å². The fourth-order valence-electron chi connectivity index (χ4n) is 1.34. The zero-order valence-corrected chi connectivity index (χ0v) is 9.76. The molecule has 1 aromatic heterocycles. The van der Waals surface area contributed by atoms with Gasteiger partial charge >= 0.3 is 0 Å². The molecule has 0 unspecified atom stereocenters. The Morgan fingerprint density at radius 3 is 2.65 bits per heavy atom. The molecule has 0 atom stereocenters. The summed E-state index contributed by atoms with van der Waals surface area (Å²) >= 11 is 5.89. The lowest BCUT2D eigenvalue weighted by Gasteiger charge is -2.06. The molecule has 1 aromatic carbocycles. The first-order valence-electron chi connectivity index (χ1n) is 5.13. The Morgan fingerprint density at radius 2 is 1.94 bits per heavy atom. The van der Waals surface area contributed by atoms with Crippen LogP contribution in [0.15, 0.2) is 36.4 Å². The van der Waals surface area contributed by atoms with Crippen molar-refractivity contribution in [3.8, 4) is 17.3 Å². The number of nitrogens with zero attached hydrogens (tertiary/aromatic N) is 2. The molecule has 0 fully saturated rings. The summed E-state index contributed by atoms with van der Waals surface area (Å²) in [6.45, 7) is 0.115. The average Bonchev–Trinajstić information content (AvgIpc) is 2.37. The van der Waals surface area contributed by atoms with Gasteiger partial charge in [-0.3, -0.25) is 0 Å². The summed E-state index contributed by atoms with van der Waals surface area (Å²) in [5, 5.41) is 8.99. The molecule has 1 N–H and O–H groups in total. The van der Waals surface area contributed by atoms with Crippen LogP contribution in [0, 0.1) is 0 Å². The lowest BCUT2D eigenvalue weighted by Crippen LogP contribution is -2.04. The van der Waals surface area contributed by atoms with Gasteiger partial charge in [-0.1, -0.05) is 41.9 Å². The lowest BCUT2D eigenvalue weighted by molar-refractivity contribution is 0.196. The van der Waals surface area contributed by atoms with Crippen molar-refractivity contribution in [3.05, 3.63) is 41.6 Å². The van der Waals surface area contributed by atoms with Crippen LogP contribution in [0.2, 0.25) is 5.15 Å². The highest BCUT2D eigenvalue weighted by atomic mass is 35.5. The van der Waals surface area contributed by atoms with Crippen LogP contribution in [0.25, 0.3) is 11.4 Å². The monoisotopic (exact) mass is 250 g/mol. The highest BCUT2D eigenvalue weighted by Gasteiger charge is 2.06. The van der Waals surface area contributed by atoms with Crippen LogP contribution in [0.5, 0.6) is 5.88 Å². The summed E-state index contributed by atoms with van der Waals surface area (Å²) in [6, 6.07) is 11.0. The minimum absolute atomic E-state index is 0.0672. The van der Waals surface area contributed by atoms with Crippen molar-refractivity contribution in [1.82, 2.24) is 9.97 Å². The van der Waals surface area contributed by atoms with E-state index < -0.39 is 0 Å². The molecule has 0 amide bonds. The molecule has 17 heavy (non-hydrogen) atoms. The molecule has 0 saturated carbocycles. The fraction of sp³-hybridized carbons (Fsp3) is 0.167. The molecular formula is C12H11ClN2O2. The van der Waals surface area contributed by atoms with Crippen LogP contribution in [-0.4, -0.2) is 28.3 Å². The molecule has 0 aliphatic heterocycles. The third-order valence-electron chi connectivity index (χ3n) is 2.04. The summed E-state index contributed by atoms with van der Waals surface area (Å²) in [7, 11) is 0. The Hall–Kier alpha value is -1.65. The number of hydrogen-bond acceptors (Lipinski definition) is 4. The normalized spacial score (nSPS) is 10.2. The smallest absolute Gasteiger partial charge is 0.218 e. The highest BCUT2D eigenvalue weighted by Crippen LogP contribution is 2.20. The summed E-state index contributed by atoms with van der Waals surface area (Å²) in [6.07, 6.45) is 0. The maximum atomic E-state index is 8.68. The van der Waals surface area contributed by atoms with E-state index in [4.69, 9.17) is 21.4 Å². The molecule has 0 saturated heterocycles. The molecule has 0 aliphatic carbocycles. The standard InChI is InChI=1S/C12H11ClN2O2/c13-10-8-11(17-7-6-16)15-12(14-10)9-4-2-1-3-5-9/h1-5,8,16H,6-7H2. The first-order chi connectivity index (χ1) is 8.29. The molecule has 0 bridgehead atoms. The van der Waals surface area contributed by atoms with Crippen LogP contribution in [0.3, 0.4) is 0 Å². The number of ether oxygens (including phenoxy) is 1. The van der Waals surface area contributed by atoms with Crippen molar-refractivity contribution in [3.63, 3.8) is 0 Å². The second-order valence-corrected chi connectivity index (χ2v) is 3.68. The molecule has 4 nitrogen and oxygen atoms in total. The minimum Gasteiger partial charge on any atom is -0.475 e. The number of benzene rings is 1. The highest BCUT2D eigenvalue weighted by molar-refractivity contribution is 6.29. The number of aromatic nitrogens is 2. The Bertz CT molecular complexity index is 491. The molecule has 88 valence electrons. The van der Waals surface area contributed by atoms with Crippen molar-refractivity contribution in [2.75, 3.05) is 13.2 Å². The van der Waals surface area contributed by atoms with Gasteiger partial charge in [-0.2, -0.15) is 4.98 Å². The lowest BCUT2D eigenvalue weighted by atomic mass is 10.2. The Kier molecular flexibility index (Phi) is 3.90. The van der Waals surface area contributed by atoms with Crippen LogP contribution in [-0.2, 0) is 0 Å². The Balaban J connectivity index is 2.32. The summed E-state index contributed by atoms with van der Waals surface area (Å²) in [5.41, 5.74) is 0.865. The zero-order valence-electron chi connectivity index (χ0n) is 9.01. The maximum Gasteiger partial charge on any atom is 0.218 e. The third-order valence-corrected chi connectivity index (χ3v) is 2.24. The van der Waals surface area contributed by atoms with Crippen molar-refractivity contribution in [2.45, 2.75) is 0 Å². The van der Waals surface area contributed by atoms with E-state index in [1.807, 2.05) is 30.3 Å². The first-order valence-corrected chi connectivity index (χ1v) is 5.51. The predicted molar refractivity (Wildman–Crippen MR) is 65.1 cm³/mol. The molecular weight excluding hydrogens is 240 g/mol. The number of halogens is 1. The second-order valence-electron chi connectivity index (χ2n) is 3.29. The van der Waals surface area contributed by atoms with E-state index in [2.05, 4.69) is 9.97 Å². The van der Waals surface area contributed by atoms with Gasteiger partial charge in [0.15, 0.2) is 5.82 Å². The predicted octanol–water partition coefficient (Wildman–Crippen LogP) is 2.17. The van der Waals surface area contributed by atoms with Crippen LogP contribution in [0.1, 0.15) is 0 Å². The van der Waals surface area contributed by atoms with E-state index >= 15 is 0 Å². The van der Waals surface area contributed by atoms with E-state index in [1.165, 1.54) is 6.07 Å². The number of rotatable bonds is 4. The van der Waals surface area contributed by atoms with Crippen molar-refractivity contribution in [1.29, 1.82) is 0 Å². The topological polar surface area (TPSA) is 55.2 Å². The van der Waals surface area contributed by atoms with Crippen molar-refractivity contribution in [2.24, 2.45) is 0 Å². The molecule has 5 heteroatoms. The largest absolute Gasteiger partial charge is 0.475 e. The SMILES string of the molecule is OCCOc1cc(Cl)nc(-c2ccccc2)n1. The van der Waals surface area contributed by atoms with E-state index in [1.54, 1.807) is 0 Å². The fourth-order valence-corrected chi connectivity index (χ4v) is 1.51. The summed E-state index contributed by atoms with van der Waals surface area (Å²) < 4.78 is 5.21. The quantitative estimate of drug-likeness (QED) is 0.845. The van der Waals surface area contributed by atoms with E-state index in [0.29, 0.717) is 16.9 Å². The Morgan fingerprint density at radius 1 is 1.18 bits per heavy atom. The van der Waals surface area contributed by atoms with Gasteiger partial charge in [0.1, 0.15) is 11.8 Å². The van der Waals surface area contributed by atoms with E-state index in [0.717, 1.165) is 5.56 Å². The molecule has 0 aliphatic rings. The maximum absolute atomic E-state index is 8.68. The van der Waals surface area contributed by atoms with Gasteiger partial charge in [0, 0.05) is 11.6 Å². The minimum atomic E-state index is -0.0672. The van der Waals surface area contributed by atoms with Crippen LogP contribution in [0.4, 0.5) is 0 Å². The second kappa shape index (κ2) is 5.61. The van der Waals surface area contributed by atoms with Crippen molar-refractivity contribution >= 4 is 11.6 Å². The number of aliphatic hydroxyl groups excluding tert-OH is 1. The average molecular weight is 251 g/mol. The van der Waals surface area contributed by atoms with Gasteiger partial charge < -0.3 is 9.84 Å². The molecule has 0 radical (unpaired) electrons. The van der Waals surface area contributed by atoms with E-state index in [-0.39, 0.29) is 13.2 Å². The van der Waals surface area contributed by atoms with Gasteiger partial charge in [-0.15, -0.1) is 0 Å². The van der Waals surface area contributed by atoms with Crippen LogP contribution < -0.4 is 4.74 Å². The molecule has 2 rings (SSSR count). The van der Waals surface area contributed by atoms with Crippen LogP contribution >= 0.6 is 11.6 Å². The van der Waals surface area contributed by atoms with Gasteiger partial charge in [0.2, 0.25) is 5.88 Å². The summed E-state index contributed by atoms with van der Waals surface area (Å²) in [4.78, 5) is 8.34.